The van der Waals surface area contributed by atoms with Gasteiger partial charge in [-0.15, -0.1) is 11.6 Å². The zero-order valence-corrected chi connectivity index (χ0v) is 8.83. The first-order valence-electron chi connectivity index (χ1n) is 3.67. The van der Waals surface area contributed by atoms with E-state index in [0.29, 0.717) is 0 Å². The Labute approximate surface area is 90.4 Å². The van der Waals surface area contributed by atoms with Crippen LogP contribution in [0.1, 0.15) is 5.56 Å². The normalized spacial score (nSPS) is 11.3. The molecule has 0 radical (unpaired) electrons. The van der Waals surface area contributed by atoms with Crippen molar-refractivity contribution in [1.82, 2.24) is 0 Å². The van der Waals surface area contributed by atoms with E-state index >= 15 is 0 Å². The largest absolute Gasteiger partial charge is 0.301 e. The van der Waals surface area contributed by atoms with Crippen LogP contribution in [0.15, 0.2) is 23.1 Å². The number of rotatable bonds is 3. The van der Waals surface area contributed by atoms with E-state index in [-0.39, 0.29) is 11.4 Å². The van der Waals surface area contributed by atoms with Gasteiger partial charge >= 0.3 is 10.1 Å². The molecule has 0 amide bonds. The molecule has 0 heterocycles. The SMILES string of the molecule is O=[N+]([O-])c1c(CCl)cccc1S(=O)(=O)O. The van der Waals surface area contributed by atoms with Crippen molar-refractivity contribution in [2.45, 2.75) is 10.8 Å². The molecule has 1 aromatic carbocycles. The molecule has 0 spiro atoms. The molecule has 0 unspecified atom stereocenters. The predicted molar refractivity (Wildman–Crippen MR) is 52.5 cm³/mol. The minimum absolute atomic E-state index is 0.0387. The Balaban J connectivity index is 3.60. The van der Waals surface area contributed by atoms with E-state index in [0.717, 1.165) is 6.07 Å². The first-order chi connectivity index (χ1) is 6.88. The van der Waals surface area contributed by atoms with E-state index in [1.54, 1.807) is 0 Å². The Kier molecular flexibility index (Phi) is 3.28. The average molecular weight is 252 g/mol. The average Bonchev–Trinajstić information content (AvgIpc) is 2.15. The topological polar surface area (TPSA) is 97.5 Å². The summed E-state index contributed by atoms with van der Waals surface area (Å²) in [6, 6.07) is 3.54. The molecular formula is C7H6ClNO5S. The second kappa shape index (κ2) is 4.13. The molecule has 1 aromatic rings. The molecule has 0 saturated heterocycles. The van der Waals surface area contributed by atoms with Crippen LogP contribution in [-0.4, -0.2) is 17.9 Å². The molecule has 8 heteroatoms. The molecule has 0 saturated carbocycles. The molecular weight excluding hydrogens is 246 g/mol. The third-order valence-electron chi connectivity index (χ3n) is 1.69. The van der Waals surface area contributed by atoms with Gasteiger partial charge in [-0.3, -0.25) is 14.7 Å². The molecule has 1 rings (SSSR count). The molecule has 6 nitrogen and oxygen atoms in total. The lowest BCUT2D eigenvalue weighted by molar-refractivity contribution is -0.388. The fourth-order valence-electron chi connectivity index (χ4n) is 1.09. The number of nitro benzene ring substituents is 1. The van der Waals surface area contributed by atoms with Crippen molar-refractivity contribution < 1.29 is 17.9 Å². The van der Waals surface area contributed by atoms with Crippen LogP contribution in [0.5, 0.6) is 0 Å². The summed E-state index contributed by atoms with van der Waals surface area (Å²) in [6.07, 6.45) is 0. The molecule has 82 valence electrons. The second-order valence-corrected chi connectivity index (χ2v) is 4.29. The molecule has 0 fully saturated rings. The number of nitrogens with zero attached hydrogens (tertiary/aromatic N) is 1. The van der Waals surface area contributed by atoms with E-state index in [1.165, 1.54) is 12.1 Å². The number of alkyl halides is 1. The summed E-state index contributed by atoms with van der Waals surface area (Å²) >= 11 is 5.42. The van der Waals surface area contributed by atoms with Crippen molar-refractivity contribution in [3.63, 3.8) is 0 Å². The summed E-state index contributed by atoms with van der Waals surface area (Å²) in [5.41, 5.74) is -0.646. The molecule has 1 N–H and O–H groups in total. The molecule has 0 aromatic heterocycles. The lowest BCUT2D eigenvalue weighted by Gasteiger charge is -2.02. The smallest absolute Gasteiger partial charge is 0.282 e. The van der Waals surface area contributed by atoms with Gasteiger partial charge in [-0.05, 0) is 6.07 Å². The van der Waals surface area contributed by atoms with Crippen molar-refractivity contribution in [2.75, 3.05) is 0 Å². The second-order valence-electron chi connectivity index (χ2n) is 2.63. The van der Waals surface area contributed by atoms with Crippen molar-refractivity contribution in [2.24, 2.45) is 0 Å². The summed E-state index contributed by atoms with van der Waals surface area (Å²) in [6.45, 7) is 0. The highest BCUT2D eigenvalue weighted by molar-refractivity contribution is 7.86. The van der Waals surface area contributed by atoms with Gasteiger partial charge in [0.1, 0.15) is 0 Å². The number of benzene rings is 1. The van der Waals surface area contributed by atoms with Gasteiger partial charge in [-0.25, -0.2) is 0 Å². The summed E-state index contributed by atoms with van der Waals surface area (Å²) in [7, 11) is -4.61. The van der Waals surface area contributed by atoms with Gasteiger partial charge in [0.15, 0.2) is 4.90 Å². The van der Waals surface area contributed by atoms with Crippen molar-refractivity contribution in [3.8, 4) is 0 Å². The summed E-state index contributed by atoms with van der Waals surface area (Å²) in [5.74, 6) is -0.209. The minimum atomic E-state index is -4.61. The van der Waals surface area contributed by atoms with Crippen LogP contribution in [-0.2, 0) is 16.0 Å². The van der Waals surface area contributed by atoms with Gasteiger partial charge in [0.2, 0.25) is 0 Å². The first-order valence-corrected chi connectivity index (χ1v) is 5.65. The Hall–Kier alpha value is -1.18. The monoisotopic (exact) mass is 251 g/mol. The maximum Gasteiger partial charge on any atom is 0.301 e. The lowest BCUT2D eigenvalue weighted by atomic mass is 10.2. The Bertz CT molecular complexity index is 498. The number of hydrogen-bond donors (Lipinski definition) is 1. The summed E-state index contributed by atoms with van der Waals surface area (Å²) in [4.78, 5) is 8.99. The fourth-order valence-corrected chi connectivity index (χ4v) is 2.01. The molecule has 0 atom stereocenters. The highest BCUT2D eigenvalue weighted by Gasteiger charge is 2.26. The summed E-state index contributed by atoms with van der Waals surface area (Å²) in [5, 5.41) is 10.6. The van der Waals surface area contributed by atoms with Crippen molar-refractivity contribution in [3.05, 3.63) is 33.9 Å². The maximum absolute atomic E-state index is 10.8. The standard InChI is InChI=1S/C7H6ClNO5S/c8-4-5-2-1-3-6(15(12,13)14)7(5)9(10)11/h1-3H,4H2,(H,12,13,14). The molecule has 0 aliphatic rings. The van der Waals surface area contributed by atoms with E-state index in [9.17, 15) is 18.5 Å². The van der Waals surface area contributed by atoms with Gasteiger partial charge in [-0.1, -0.05) is 12.1 Å². The minimum Gasteiger partial charge on any atom is -0.282 e. The third kappa shape index (κ3) is 2.44. The fraction of sp³-hybridized carbons (Fsp3) is 0.143. The van der Waals surface area contributed by atoms with Crippen LogP contribution in [0, 0.1) is 10.1 Å². The van der Waals surface area contributed by atoms with Crippen molar-refractivity contribution >= 4 is 27.4 Å². The predicted octanol–water partition coefficient (Wildman–Crippen LogP) is 1.58. The van der Waals surface area contributed by atoms with Crippen LogP contribution in [0.4, 0.5) is 5.69 Å². The molecule has 0 aliphatic heterocycles. The number of halogens is 1. The van der Waals surface area contributed by atoms with Crippen LogP contribution in [0.2, 0.25) is 0 Å². The van der Waals surface area contributed by atoms with E-state index in [4.69, 9.17) is 16.2 Å². The first kappa shape index (κ1) is 11.9. The van der Waals surface area contributed by atoms with Crippen LogP contribution < -0.4 is 0 Å². The highest BCUT2D eigenvalue weighted by Crippen LogP contribution is 2.28. The Morgan fingerprint density at radius 3 is 2.47 bits per heavy atom. The maximum atomic E-state index is 10.8. The van der Waals surface area contributed by atoms with Crippen LogP contribution >= 0.6 is 11.6 Å². The van der Waals surface area contributed by atoms with Crippen LogP contribution in [0.3, 0.4) is 0 Å². The third-order valence-corrected chi connectivity index (χ3v) is 2.86. The molecule has 0 aliphatic carbocycles. The van der Waals surface area contributed by atoms with E-state index < -0.39 is 25.6 Å². The molecule has 0 bridgehead atoms. The Morgan fingerprint density at radius 2 is 2.07 bits per heavy atom. The Morgan fingerprint density at radius 1 is 1.47 bits per heavy atom. The van der Waals surface area contributed by atoms with E-state index in [2.05, 4.69) is 0 Å². The van der Waals surface area contributed by atoms with Gasteiger partial charge in [-0.2, -0.15) is 8.42 Å². The van der Waals surface area contributed by atoms with Gasteiger partial charge in [0, 0.05) is 5.56 Å². The highest BCUT2D eigenvalue weighted by atomic mass is 35.5. The summed E-state index contributed by atoms with van der Waals surface area (Å²) < 4.78 is 30.4. The zero-order chi connectivity index (χ0) is 11.6. The van der Waals surface area contributed by atoms with E-state index in [1.807, 2.05) is 0 Å². The number of hydrogen-bond acceptors (Lipinski definition) is 4. The quantitative estimate of drug-likeness (QED) is 0.381. The van der Waals surface area contributed by atoms with Crippen molar-refractivity contribution in [1.29, 1.82) is 0 Å². The van der Waals surface area contributed by atoms with Gasteiger partial charge in [0.25, 0.3) is 5.69 Å². The number of nitro groups is 1. The zero-order valence-electron chi connectivity index (χ0n) is 7.25. The molecule has 15 heavy (non-hydrogen) atoms. The lowest BCUT2D eigenvalue weighted by Crippen LogP contribution is -2.05. The number of para-hydroxylation sites is 1. The van der Waals surface area contributed by atoms with Gasteiger partial charge < -0.3 is 0 Å². The van der Waals surface area contributed by atoms with Crippen LogP contribution in [0.25, 0.3) is 0 Å². The van der Waals surface area contributed by atoms with Gasteiger partial charge in [0.05, 0.1) is 10.8 Å².